The molecule has 6 rings (SSSR count). The van der Waals surface area contributed by atoms with Gasteiger partial charge in [0.1, 0.15) is 6.54 Å². The van der Waals surface area contributed by atoms with Crippen molar-refractivity contribution in [1.29, 1.82) is 0 Å². The van der Waals surface area contributed by atoms with E-state index in [0.29, 0.717) is 5.89 Å². The highest BCUT2D eigenvalue weighted by Crippen LogP contribution is 2.45. The Bertz CT molecular complexity index is 900. The molecule has 0 spiro atoms. The van der Waals surface area contributed by atoms with Crippen LogP contribution in [0.3, 0.4) is 0 Å². The minimum absolute atomic E-state index is 0.162. The zero-order chi connectivity index (χ0) is 22.9. The molecule has 2 atom stereocenters. The summed E-state index contributed by atoms with van der Waals surface area (Å²) in [6.45, 7) is 9.33. The lowest BCUT2D eigenvalue weighted by atomic mass is 9.73. The third-order valence-corrected chi connectivity index (χ3v) is 10.3. The van der Waals surface area contributed by atoms with Gasteiger partial charge in [-0.15, -0.1) is 0 Å². The molecule has 1 aromatic carbocycles. The summed E-state index contributed by atoms with van der Waals surface area (Å²) < 4.78 is 7.59. The Balaban J connectivity index is 1.37. The second kappa shape index (κ2) is 9.75. The minimum Gasteiger partial charge on any atom is -0.436 e. The number of hydrogen-bond acceptors (Lipinski definition) is 4. The van der Waals surface area contributed by atoms with E-state index in [-0.39, 0.29) is 5.92 Å². The van der Waals surface area contributed by atoms with Crippen molar-refractivity contribution < 1.29 is 14.0 Å². The molecule has 4 aliphatic rings. The molecule has 4 nitrogen and oxygen atoms in total. The summed E-state index contributed by atoms with van der Waals surface area (Å²) in [5.74, 6) is 4.53. The van der Waals surface area contributed by atoms with Crippen molar-refractivity contribution in [2.45, 2.75) is 76.2 Å². The average Bonchev–Trinajstić information content (AvgIpc) is 3.32. The highest BCUT2D eigenvalue weighted by Gasteiger charge is 2.48. The molecule has 1 N–H and O–H groups in total. The van der Waals surface area contributed by atoms with E-state index in [2.05, 4.69) is 25.6 Å². The van der Waals surface area contributed by atoms with Crippen LogP contribution in [0.1, 0.15) is 76.0 Å². The number of benzene rings is 1. The predicted octanol–water partition coefficient (Wildman–Crippen LogP) is 5.99. The third kappa shape index (κ3) is 4.78. The molecule has 2 aromatic rings. The van der Waals surface area contributed by atoms with Crippen LogP contribution in [-0.2, 0) is 12.1 Å². The van der Waals surface area contributed by atoms with E-state index in [1.165, 1.54) is 57.5 Å². The molecule has 2 bridgehead atoms. The Morgan fingerprint density at radius 3 is 2.52 bits per heavy atom. The Kier molecular flexibility index (Phi) is 6.93. The van der Waals surface area contributed by atoms with E-state index in [1.807, 2.05) is 36.5 Å². The molecule has 3 aliphatic heterocycles. The van der Waals surface area contributed by atoms with Crippen LogP contribution in [0, 0.1) is 17.8 Å². The van der Waals surface area contributed by atoms with Crippen LogP contribution in [0.4, 0.5) is 0 Å². The SMILES string of the molecule is CC(C)CS[C@H]1C[N+]2(Cc3cnc([C@](O)(c4ccccc4)C4CCCCC4)o3)CCC1CC2. The fourth-order valence-electron chi connectivity index (χ4n) is 6.58. The van der Waals surface area contributed by atoms with Crippen molar-refractivity contribution in [1.82, 2.24) is 4.98 Å². The summed E-state index contributed by atoms with van der Waals surface area (Å²) in [7, 11) is 0. The standard InChI is InChI=1S/C28H41N2O2S/c1-21(2)20-33-26-19-30(15-13-22(26)14-16-30)18-25-17-29-27(32-25)28(31,23-9-5-3-6-10-23)24-11-7-4-8-12-24/h3,5-6,9-10,17,21-22,24,26,31H,4,7-8,11-16,18-20H2,1-2H3/q+1/t22?,26-,28-,30?/m0/s1. The summed E-state index contributed by atoms with van der Waals surface area (Å²) >= 11 is 2.20. The number of hydrogen-bond donors (Lipinski definition) is 1. The largest absolute Gasteiger partial charge is 0.436 e. The predicted molar refractivity (Wildman–Crippen MR) is 135 cm³/mol. The Labute approximate surface area is 203 Å². The lowest BCUT2D eigenvalue weighted by Gasteiger charge is -2.52. The van der Waals surface area contributed by atoms with Crippen LogP contribution in [-0.4, -0.2) is 45.2 Å². The number of nitrogens with zero attached hydrogens (tertiary/aromatic N) is 2. The summed E-state index contributed by atoms with van der Waals surface area (Å²) in [4.78, 5) is 4.73. The van der Waals surface area contributed by atoms with Gasteiger partial charge in [0.25, 0.3) is 0 Å². The molecule has 180 valence electrons. The Morgan fingerprint density at radius 2 is 1.82 bits per heavy atom. The summed E-state index contributed by atoms with van der Waals surface area (Å²) in [6, 6.07) is 10.1. The fraction of sp³-hybridized carbons (Fsp3) is 0.679. The van der Waals surface area contributed by atoms with E-state index in [0.717, 1.165) is 52.3 Å². The zero-order valence-corrected chi connectivity index (χ0v) is 21.2. The fourth-order valence-corrected chi connectivity index (χ4v) is 8.18. The van der Waals surface area contributed by atoms with Gasteiger partial charge in [-0.1, -0.05) is 63.4 Å². The molecule has 0 radical (unpaired) electrons. The van der Waals surface area contributed by atoms with E-state index in [1.54, 1.807) is 0 Å². The van der Waals surface area contributed by atoms with Crippen LogP contribution in [0.2, 0.25) is 0 Å². The molecule has 5 heteroatoms. The molecule has 4 fully saturated rings. The summed E-state index contributed by atoms with van der Waals surface area (Å²) in [5.41, 5.74) is -0.217. The maximum absolute atomic E-state index is 12.1. The van der Waals surface area contributed by atoms with E-state index in [9.17, 15) is 5.11 Å². The van der Waals surface area contributed by atoms with Gasteiger partial charge in [-0.2, -0.15) is 11.8 Å². The number of thioether (sulfide) groups is 1. The van der Waals surface area contributed by atoms with Crippen LogP contribution >= 0.6 is 11.8 Å². The zero-order valence-electron chi connectivity index (χ0n) is 20.4. The molecule has 0 amide bonds. The number of rotatable bonds is 8. The molecule has 4 heterocycles. The summed E-state index contributed by atoms with van der Waals surface area (Å²) in [6.07, 6.45) is 10.2. The van der Waals surface area contributed by atoms with Gasteiger partial charge >= 0.3 is 0 Å². The molecule has 1 aromatic heterocycles. The van der Waals surface area contributed by atoms with Crippen molar-refractivity contribution in [2.75, 3.05) is 25.4 Å². The number of oxazole rings is 1. The number of quaternary nitrogens is 1. The molecule has 1 saturated carbocycles. The normalized spacial score (nSPS) is 29.9. The van der Waals surface area contributed by atoms with Gasteiger partial charge in [-0.3, -0.25) is 0 Å². The van der Waals surface area contributed by atoms with Gasteiger partial charge < -0.3 is 14.0 Å². The monoisotopic (exact) mass is 469 g/mol. The maximum atomic E-state index is 12.1. The summed E-state index contributed by atoms with van der Waals surface area (Å²) in [5, 5.41) is 12.9. The topological polar surface area (TPSA) is 46.3 Å². The molecular weight excluding hydrogens is 428 g/mol. The molecule has 0 unspecified atom stereocenters. The van der Waals surface area contributed by atoms with Gasteiger partial charge in [0, 0.05) is 18.8 Å². The van der Waals surface area contributed by atoms with E-state index in [4.69, 9.17) is 9.40 Å². The quantitative estimate of drug-likeness (QED) is 0.483. The first kappa shape index (κ1) is 23.4. The second-order valence-electron chi connectivity index (χ2n) is 11.3. The third-order valence-electron chi connectivity index (χ3n) is 8.47. The van der Waals surface area contributed by atoms with E-state index >= 15 is 0 Å². The molecule has 1 aliphatic carbocycles. The van der Waals surface area contributed by atoms with Gasteiger partial charge in [0.05, 0.1) is 31.1 Å². The Hall–Kier alpha value is -1.30. The van der Waals surface area contributed by atoms with Crippen molar-refractivity contribution in [2.24, 2.45) is 17.8 Å². The van der Waals surface area contributed by atoms with Crippen LogP contribution in [0.5, 0.6) is 0 Å². The average molecular weight is 470 g/mol. The highest BCUT2D eigenvalue weighted by atomic mass is 32.2. The van der Waals surface area contributed by atoms with Gasteiger partial charge in [-0.05, 0) is 36.0 Å². The van der Waals surface area contributed by atoms with Crippen LogP contribution in [0.25, 0.3) is 0 Å². The van der Waals surface area contributed by atoms with Gasteiger partial charge in [0.2, 0.25) is 5.89 Å². The van der Waals surface area contributed by atoms with Crippen molar-refractivity contribution in [3.05, 3.63) is 53.7 Å². The molecular formula is C28H41N2O2S+. The van der Waals surface area contributed by atoms with Crippen molar-refractivity contribution in [3.63, 3.8) is 0 Å². The number of aromatic nitrogens is 1. The molecule has 3 saturated heterocycles. The number of piperidine rings is 3. The van der Waals surface area contributed by atoms with Gasteiger partial charge in [-0.25, -0.2) is 4.98 Å². The van der Waals surface area contributed by atoms with Crippen LogP contribution in [0.15, 0.2) is 40.9 Å². The number of fused-ring (bicyclic) bond motifs is 3. The lowest BCUT2D eigenvalue weighted by Crippen LogP contribution is -2.62. The van der Waals surface area contributed by atoms with E-state index < -0.39 is 5.60 Å². The first-order chi connectivity index (χ1) is 16.0. The maximum Gasteiger partial charge on any atom is 0.231 e. The second-order valence-corrected chi connectivity index (χ2v) is 12.6. The van der Waals surface area contributed by atoms with Gasteiger partial charge in [0.15, 0.2) is 11.4 Å². The minimum atomic E-state index is -1.13. The smallest absolute Gasteiger partial charge is 0.231 e. The lowest BCUT2D eigenvalue weighted by molar-refractivity contribution is -0.954. The first-order valence-electron chi connectivity index (χ1n) is 13.2. The van der Waals surface area contributed by atoms with Crippen LogP contribution < -0.4 is 0 Å². The van der Waals surface area contributed by atoms with Crippen molar-refractivity contribution >= 4 is 11.8 Å². The Morgan fingerprint density at radius 1 is 1.09 bits per heavy atom. The number of aliphatic hydroxyl groups is 1. The first-order valence-corrected chi connectivity index (χ1v) is 14.2. The molecule has 33 heavy (non-hydrogen) atoms. The highest BCUT2D eigenvalue weighted by molar-refractivity contribution is 7.99. The van der Waals surface area contributed by atoms with Crippen molar-refractivity contribution in [3.8, 4) is 0 Å².